The molecule has 0 atom stereocenters. The Bertz CT molecular complexity index is 1140. The van der Waals surface area contributed by atoms with E-state index in [9.17, 15) is 9.59 Å². The highest BCUT2D eigenvalue weighted by atomic mass is 35.5. The smallest absolute Gasteiger partial charge is 0.268 e. The maximum absolute atomic E-state index is 13.4. The summed E-state index contributed by atoms with van der Waals surface area (Å²) in [5.74, 6) is 0.0731. The molecule has 0 spiro atoms. The zero-order valence-corrected chi connectivity index (χ0v) is 18.5. The zero-order chi connectivity index (χ0) is 21.8. The summed E-state index contributed by atoms with van der Waals surface area (Å²) in [5.41, 5.74) is 1.80. The van der Waals surface area contributed by atoms with Gasteiger partial charge in [0.1, 0.15) is 5.75 Å². The van der Waals surface area contributed by atoms with Crippen LogP contribution in [-0.4, -0.2) is 23.3 Å². The van der Waals surface area contributed by atoms with E-state index in [0.29, 0.717) is 33.4 Å². The molecule has 0 saturated carbocycles. The first kappa shape index (κ1) is 21.2. The van der Waals surface area contributed by atoms with Crippen LogP contribution < -0.4 is 4.74 Å². The van der Waals surface area contributed by atoms with Crippen LogP contribution in [-0.2, 0) is 16.1 Å². The van der Waals surface area contributed by atoms with Crippen molar-refractivity contribution < 1.29 is 14.3 Å². The molecule has 0 fully saturated rings. The van der Waals surface area contributed by atoms with Crippen molar-refractivity contribution >= 4 is 40.8 Å². The molecule has 3 aromatic carbocycles. The van der Waals surface area contributed by atoms with Gasteiger partial charge >= 0.3 is 0 Å². The number of carbonyl (C=O) groups excluding carboxylic acids is 2. The molecule has 1 heterocycles. The van der Waals surface area contributed by atoms with Crippen molar-refractivity contribution in [3.63, 3.8) is 0 Å². The zero-order valence-electron chi connectivity index (χ0n) is 16.9. The van der Waals surface area contributed by atoms with E-state index in [1.807, 2.05) is 79.7 Å². The summed E-state index contributed by atoms with van der Waals surface area (Å²) in [6, 6.07) is 24.0. The minimum atomic E-state index is -0.326. The molecule has 4 nitrogen and oxygen atoms in total. The molecule has 0 radical (unpaired) electrons. The Hall–Kier alpha value is -3.02. The van der Waals surface area contributed by atoms with Gasteiger partial charge in [0.15, 0.2) is 0 Å². The van der Waals surface area contributed by atoms with Gasteiger partial charge in [-0.15, -0.1) is 0 Å². The van der Waals surface area contributed by atoms with E-state index in [4.69, 9.17) is 16.3 Å². The third kappa shape index (κ3) is 4.53. The van der Waals surface area contributed by atoms with E-state index < -0.39 is 0 Å². The lowest BCUT2D eigenvalue weighted by Gasteiger charge is -2.16. The maximum atomic E-state index is 13.4. The van der Waals surface area contributed by atoms with Crippen LogP contribution in [0.25, 0.3) is 5.57 Å². The molecule has 0 aliphatic carbocycles. The van der Waals surface area contributed by atoms with Crippen LogP contribution in [0.4, 0.5) is 0 Å². The maximum Gasteiger partial charge on any atom is 0.268 e. The number of hydrogen-bond donors (Lipinski definition) is 0. The number of nitrogens with zero attached hydrogens (tertiary/aromatic N) is 1. The first-order valence-electron chi connectivity index (χ1n) is 9.88. The minimum Gasteiger partial charge on any atom is -0.494 e. The minimum absolute atomic E-state index is 0.122. The Labute approximate surface area is 190 Å². The molecule has 0 bridgehead atoms. The largest absolute Gasteiger partial charge is 0.494 e. The van der Waals surface area contributed by atoms with Crippen LogP contribution >= 0.6 is 23.4 Å². The van der Waals surface area contributed by atoms with Crippen LogP contribution in [0.5, 0.6) is 5.75 Å². The van der Waals surface area contributed by atoms with Gasteiger partial charge < -0.3 is 4.74 Å². The molecule has 0 aromatic heterocycles. The average molecular weight is 450 g/mol. The second-order valence-electron chi connectivity index (χ2n) is 6.86. The highest BCUT2D eigenvalue weighted by molar-refractivity contribution is 8.04. The summed E-state index contributed by atoms with van der Waals surface area (Å²) < 4.78 is 5.51. The van der Waals surface area contributed by atoms with Crippen molar-refractivity contribution in [2.45, 2.75) is 18.4 Å². The van der Waals surface area contributed by atoms with E-state index in [-0.39, 0.29) is 18.4 Å². The van der Waals surface area contributed by atoms with E-state index in [0.717, 1.165) is 10.5 Å². The molecule has 0 N–H and O–H groups in total. The third-order valence-corrected chi connectivity index (χ3v) is 6.29. The van der Waals surface area contributed by atoms with Crippen LogP contribution in [0.3, 0.4) is 0 Å². The quantitative estimate of drug-likeness (QED) is 0.427. The predicted octanol–water partition coefficient (Wildman–Crippen LogP) is 5.81. The van der Waals surface area contributed by atoms with Gasteiger partial charge in [-0.25, -0.2) is 0 Å². The van der Waals surface area contributed by atoms with E-state index in [1.165, 1.54) is 16.7 Å². The van der Waals surface area contributed by atoms with Crippen LogP contribution in [0.2, 0.25) is 5.02 Å². The fourth-order valence-corrected chi connectivity index (χ4v) is 4.56. The second-order valence-corrected chi connectivity index (χ2v) is 8.36. The monoisotopic (exact) mass is 449 g/mol. The summed E-state index contributed by atoms with van der Waals surface area (Å²) >= 11 is 7.59. The van der Waals surface area contributed by atoms with Crippen molar-refractivity contribution in [3.8, 4) is 5.75 Å². The number of amides is 2. The number of rotatable bonds is 7. The SMILES string of the molecule is CCOc1ccc(C2=C(Sc3ccccc3)C(=O)N(Cc3ccccc3Cl)C2=O)cc1. The number of halogens is 1. The number of benzene rings is 3. The van der Waals surface area contributed by atoms with Crippen molar-refractivity contribution in [2.24, 2.45) is 0 Å². The van der Waals surface area contributed by atoms with Crippen LogP contribution in [0, 0.1) is 0 Å². The molecule has 31 heavy (non-hydrogen) atoms. The molecule has 156 valence electrons. The van der Waals surface area contributed by atoms with Gasteiger partial charge in [0.05, 0.1) is 23.6 Å². The van der Waals surface area contributed by atoms with Gasteiger partial charge in [-0.05, 0) is 48.4 Å². The standard InChI is InChI=1S/C25H20ClNO3S/c1-2-30-19-14-12-17(13-15-19)22-23(31-20-9-4-3-5-10-20)25(29)27(24(22)28)16-18-8-6-7-11-21(18)26/h3-15H,2,16H2,1H3. The topological polar surface area (TPSA) is 46.6 Å². The Morgan fingerprint density at radius 3 is 2.23 bits per heavy atom. The molecule has 2 amide bonds. The number of ether oxygens (including phenoxy) is 1. The number of thioether (sulfide) groups is 1. The molecule has 1 aliphatic heterocycles. The summed E-state index contributed by atoms with van der Waals surface area (Å²) in [4.78, 5) is 29.3. The average Bonchev–Trinajstić information content (AvgIpc) is 3.01. The van der Waals surface area contributed by atoms with Crippen molar-refractivity contribution in [3.05, 3.63) is 99.9 Å². The van der Waals surface area contributed by atoms with Crippen LogP contribution in [0.15, 0.2) is 88.7 Å². The summed E-state index contributed by atoms with van der Waals surface area (Å²) in [7, 11) is 0. The number of carbonyl (C=O) groups is 2. The van der Waals surface area contributed by atoms with Crippen molar-refractivity contribution in [2.75, 3.05) is 6.61 Å². The fourth-order valence-electron chi connectivity index (χ4n) is 3.33. The van der Waals surface area contributed by atoms with Gasteiger partial charge in [0.2, 0.25) is 0 Å². The highest BCUT2D eigenvalue weighted by Crippen LogP contribution is 2.40. The summed E-state index contributed by atoms with van der Waals surface area (Å²) in [6.07, 6.45) is 0. The van der Waals surface area contributed by atoms with Gasteiger partial charge in [-0.2, -0.15) is 0 Å². The van der Waals surface area contributed by atoms with Gasteiger partial charge in [0, 0.05) is 9.92 Å². The Morgan fingerprint density at radius 2 is 1.55 bits per heavy atom. The highest BCUT2D eigenvalue weighted by Gasteiger charge is 2.39. The normalized spacial score (nSPS) is 13.8. The van der Waals surface area contributed by atoms with E-state index in [1.54, 1.807) is 6.07 Å². The molecule has 1 aliphatic rings. The molecule has 0 unspecified atom stereocenters. The van der Waals surface area contributed by atoms with E-state index in [2.05, 4.69) is 0 Å². The molecule has 4 rings (SSSR count). The van der Waals surface area contributed by atoms with Gasteiger partial charge in [0.25, 0.3) is 11.8 Å². The van der Waals surface area contributed by atoms with Crippen molar-refractivity contribution in [1.82, 2.24) is 4.90 Å². The molecule has 6 heteroatoms. The Balaban J connectivity index is 1.72. The number of hydrogen-bond acceptors (Lipinski definition) is 4. The Kier molecular flexibility index (Phi) is 6.44. The Morgan fingerprint density at radius 1 is 0.871 bits per heavy atom. The van der Waals surface area contributed by atoms with E-state index >= 15 is 0 Å². The molecular weight excluding hydrogens is 430 g/mol. The number of imide groups is 1. The molecular formula is C25H20ClNO3S. The lowest BCUT2D eigenvalue weighted by atomic mass is 10.1. The van der Waals surface area contributed by atoms with Gasteiger partial charge in [-0.1, -0.05) is 71.9 Å². The fraction of sp³-hybridized carbons (Fsp3) is 0.120. The predicted molar refractivity (Wildman–Crippen MR) is 124 cm³/mol. The first-order valence-corrected chi connectivity index (χ1v) is 11.1. The molecule has 0 saturated heterocycles. The van der Waals surface area contributed by atoms with Gasteiger partial charge in [-0.3, -0.25) is 14.5 Å². The van der Waals surface area contributed by atoms with Crippen molar-refractivity contribution in [1.29, 1.82) is 0 Å². The first-order chi connectivity index (χ1) is 15.1. The second kappa shape index (κ2) is 9.41. The third-order valence-electron chi connectivity index (χ3n) is 4.83. The molecule has 3 aromatic rings. The van der Waals surface area contributed by atoms with Crippen LogP contribution in [0.1, 0.15) is 18.1 Å². The lowest BCUT2D eigenvalue weighted by molar-refractivity contribution is -0.137. The summed E-state index contributed by atoms with van der Waals surface area (Å²) in [5, 5.41) is 0.523. The summed E-state index contributed by atoms with van der Waals surface area (Å²) in [6.45, 7) is 2.59. The lowest BCUT2D eigenvalue weighted by Crippen LogP contribution is -2.31.